The summed E-state index contributed by atoms with van der Waals surface area (Å²) in [5.41, 5.74) is 1.32. The average Bonchev–Trinajstić information content (AvgIpc) is 2.85. The van der Waals surface area contributed by atoms with E-state index in [1.807, 2.05) is 59.7 Å². The van der Waals surface area contributed by atoms with Gasteiger partial charge in [0.15, 0.2) is 0 Å². The van der Waals surface area contributed by atoms with E-state index in [1.54, 1.807) is 6.92 Å². The number of fused-ring (bicyclic) bond motifs is 1. The van der Waals surface area contributed by atoms with Crippen molar-refractivity contribution in [3.05, 3.63) is 91.9 Å². The minimum absolute atomic E-state index is 0. The Morgan fingerprint density at radius 3 is 1.00 bits per heavy atom. The van der Waals surface area contributed by atoms with Crippen molar-refractivity contribution in [2.45, 2.75) is 83.1 Å². The van der Waals surface area contributed by atoms with Gasteiger partial charge in [-0.25, -0.2) is 0 Å². The molecule has 34 heavy (non-hydrogen) atoms. The molecule has 0 saturated carbocycles. The second kappa shape index (κ2) is 45.6. The van der Waals surface area contributed by atoms with Crippen molar-refractivity contribution < 1.29 is 41.5 Å². The van der Waals surface area contributed by atoms with Crippen molar-refractivity contribution >= 4 is 21.9 Å². The number of hydrogen-bond acceptors (Lipinski definition) is 2. The molecule has 0 amide bonds. The summed E-state index contributed by atoms with van der Waals surface area (Å²) in [6.45, 7) is 19.9. The van der Waals surface area contributed by atoms with Crippen LogP contribution in [0.4, 0.5) is 0 Å². The van der Waals surface area contributed by atoms with Crippen LogP contribution in [-0.4, -0.2) is 14.5 Å². The first-order chi connectivity index (χ1) is 15.0. The summed E-state index contributed by atoms with van der Waals surface area (Å²) in [6.07, 6.45) is 1.25. The molecule has 4 heteroatoms. The third-order valence-electron chi connectivity index (χ3n) is 2.83. The summed E-state index contributed by atoms with van der Waals surface area (Å²) in [5.74, 6) is 0.222. The van der Waals surface area contributed by atoms with E-state index < -0.39 is 11.1 Å². The second-order valence-corrected chi connectivity index (χ2v) is 6.49. The minimum atomic E-state index is -1.82. The Hall–Kier alpha value is -0.866. The zero-order valence-corrected chi connectivity index (χ0v) is 26.9. The first kappa shape index (κ1) is 50.1. The van der Waals surface area contributed by atoms with E-state index in [4.69, 9.17) is 0 Å². The van der Waals surface area contributed by atoms with Crippen LogP contribution in [0.3, 0.4) is 0 Å². The Morgan fingerprint density at radius 2 is 0.853 bits per heavy atom. The fourth-order valence-electron chi connectivity index (χ4n) is 1.67. The fraction of sp³-hybridized carbons (Fsp3) is 0.433. The Bertz CT molecular complexity index is 639. The van der Waals surface area contributed by atoms with Crippen molar-refractivity contribution in [3.63, 3.8) is 0 Å². The molecule has 0 fully saturated rings. The van der Waals surface area contributed by atoms with Crippen molar-refractivity contribution in [1.29, 1.82) is 0 Å². The summed E-state index contributed by atoms with van der Waals surface area (Å²) < 4.78 is 18.7. The van der Waals surface area contributed by atoms with Crippen molar-refractivity contribution in [2.24, 2.45) is 0 Å². The SMILES string of the molecule is C.CC.CC.CC.CCC.CCS(=O)[O-].Cc1ccccc1.[CH3-].[Y].c1ccc2ccccc2c1. The van der Waals surface area contributed by atoms with Crippen molar-refractivity contribution in [2.75, 3.05) is 5.75 Å². The van der Waals surface area contributed by atoms with Gasteiger partial charge in [-0.3, -0.25) is 4.21 Å². The standard InChI is InChI=1S/C10H8.C7H8.C3H8.C2H6O2S.3C2H6.CH4.CH3.Y/c1-2-6-10-8-4-3-7-9(10)5-1;1-7-5-3-2-4-6-7;1-3-2;1-2-5(3)4;3*1-2;;;/h1-8H;2-6H,1H3;3H2,1-2H3;2H2,1H3,(H,3,4);3*1-2H3;1H4;1H3;/q;;;;;;;;-1;/p-1. The van der Waals surface area contributed by atoms with Crippen LogP contribution in [0.5, 0.6) is 0 Å². The van der Waals surface area contributed by atoms with E-state index in [9.17, 15) is 8.76 Å². The van der Waals surface area contributed by atoms with E-state index in [2.05, 4.69) is 81.4 Å². The largest absolute Gasteiger partial charge is 0.772 e. The quantitative estimate of drug-likeness (QED) is 0.217. The maximum absolute atomic E-state index is 9.37. The van der Waals surface area contributed by atoms with E-state index in [0.29, 0.717) is 0 Å². The molecule has 3 aromatic carbocycles. The Morgan fingerprint density at radius 1 is 0.647 bits per heavy atom. The molecule has 3 aromatic rings. The molecule has 0 heterocycles. The molecule has 2 nitrogen and oxygen atoms in total. The van der Waals surface area contributed by atoms with Crippen LogP contribution in [0.25, 0.3) is 10.8 Å². The Labute approximate surface area is 242 Å². The van der Waals surface area contributed by atoms with E-state index in [0.717, 1.165) is 0 Å². The minimum Gasteiger partial charge on any atom is -0.772 e. The average molecular weight is 568 g/mol. The van der Waals surface area contributed by atoms with Gasteiger partial charge in [-0.05, 0) is 17.7 Å². The summed E-state index contributed by atoms with van der Waals surface area (Å²) in [6, 6.07) is 27.0. The van der Waals surface area contributed by atoms with Gasteiger partial charge < -0.3 is 12.0 Å². The van der Waals surface area contributed by atoms with Gasteiger partial charge in [0.25, 0.3) is 0 Å². The number of aryl methyl sites for hydroxylation is 1. The van der Waals surface area contributed by atoms with Crippen molar-refractivity contribution in [3.8, 4) is 0 Å². The van der Waals surface area contributed by atoms with E-state index in [1.165, 1.54) is 22.8 Å². The summed E-state index contributed by atoms with van der Waals surface area (Å²) >= 11 is -1.82. The van der Waals surface area contributed by atoms with Crippen LogP contribution in [0, 0.1) is 14.4 Å². The molecule has 0 spiro atoms. The molecule has 0 aliphatic carbocycles. The third kappa shape index (κ3) is 38.4. The molecule has 0 aliphatic heterocycles. The number of hydrogen-bond donors (Lipinski definition) is 0. The number of benzene rings is 3. The third-order valence-corrected chi connectivity index (χ3v) is 3.31. The van der Waals surface area contributed by atoms with E-state index >= 15 is 0 Å². The first-order valence-electron chi connectivity index (χ1n) is 11.6. The predicted molar refractivity (Wildman–Crippen MR) is 158 cm³/mol. The summed E-state index contributed by atoms with van der Waals surface area (Å²) in [7, 11) is 0. The number of rotatable bonds is 1. The molecular weight excluding hydrogens is 513 g/mol. The van der Waals surface area contributed by atoms with Crippen LogP contribution < -0.4 is 0 Å². The molecule has 197 valence electrons. The molecule has 3 rings (SSSR count). The molecule has 0 aromatic heterocycles. The van der Waals surface area contributed by atoms with Gasteiger partial charge in [0.2, 0.25) is 0 Å². The Balaban J connectivity index is -0.0000000547. The van der Waals surface area contributed by atoms with Crippen LogP contribution in [-0.2, 0) is 43.8 Å². The van der Waals surface area contributed by atoms with Gasteiger partial charge in [-0.2, -0.15) is 0 Å². The van der Waals surface area contributed by atoms with Crippen molar-refractivity contribution in [1.82, 2.24) is 0 Å². The predicted octanol–water partition coefficient (Wildman–Crippen LogP) is 10.3. The first-order valence-corrected chi connectivity index (χ1v) is 12.8. The van der Waals surface area contributed by atoms with Gasteiger partial charge in [0.05, 0.1) is 0 Å². The van der Waals surface area contributed by atoms with Crippen LogP contribution in [0.2, 0.25) is 0 Å². The van der Waals surface area contributed by atoms with Crippen LogP contribution >= 0.6 is 0 Å². The molecule has 0 saturated heterocycles. The molecule has 0 aliphatic rings. The molecule has 1 unspecified atom stereocenters. The maximum Gasteiger partial charge on any atom is 0.00731 e. The smallest absolute Gasteiger partial charge is 0.00731 e. The summed E-state index contributed by atoms with van der Waals surface area (Å²) in [5, 5.41) is 2.62. The normalized spacial score (nSPS) is 7.97. The van der Waals surface area contributed by atoms with Gasteiger partial charge in [-0.1, -0.05) is 172 Å². The van der Waals surface area contributed by atoms with Gasteiger partial charge in [0.1, 0.15) is 0 Å². The molecular formula is C30H54O2SY-2. The monoisotopic (exact) mass is 567 g/mol. The second-order valence-electron chi connectivity index (χ2n) is 5.30. The zero-order valence-electron chi connectivity index (χ0n) is 23.2. The molecule has 0 N–H and O–H groups in total. The molecule has 0 bridgehead atoms. The van der Waals surface area contributed by atoms with Gasteiger partial charge in [0, 0.05) is 38.5 Å². The molecule has 1 radical (unpaired) electrons. The van der Waals surface area contributed by atoms with Crippen LogP contribution in [0.1, 0.15) is 81.7 Å². The summed E-state index contributed by atoms with van der Waals surface area (Å²) in [4.78, 5) is 0. The maximum atomic E-state index is 9.37. The Kier molecular flexibility index (Phi) is 67.2. The topological polar surface area (TPSA) is 40.1 Å². The van der Waals surface area contributed by atoms with Crippen LogP contribution in [0.15, 0.2) is 78.9 Å². The van der Waals surface area contributed by atoms with Gasteiger partial charge in [-0.15, -0.1) is 0 Å². The van der Waals surface area contributed by atoms with E-state index in [-0.39, 0.29) is 53.3 Å². The van der Waals surface area contributed by atoms with Gasteiger partial charge >= 0.3 is 0 Å². The molecule has 1 atom stereocenters. The zero-order chi connectivity index (χ0) is 24.9. The fourth-order valence-corrected chi connectivity index (χ4v) is 1.67.